The van der Waals surface area contributed by atoms with Crippen LogP contribution >= 0.6 is 0 Å². The van der Waals surface area contributed by atoms with E-state index >= 15 is 0 Å². The molecule has 9 heteroatoms. The van der Waals surface area contributed by atoms with Gasteiger partial charge in [0.15, 0.2) is 0 Å². The molecule has 0 aliphatic rings. The van der Waals surface area contributed by atoms with E-state index in [4.69, 9.17) is 0 Å². The Hall–Kier alpha value is -0.480. The maximum absolute atomic E-state index is 11.1. The minimum atomic E-state index is -4.34. The van der Waals surface area contributed by atoms with E-state index < -0.39 is 20.2 Å². The molecule has 0 aliphatic heterocycles. The molecule has 0 heterocycles. The van der Waals surface area contributed by atoms with Crippen molar-refractivity contribution in [3.05, 3.63) is 59.7 Å². The van der Waals surface area contributed by atoms with E-state index in [1.54, 1.807) is 36.4 Å². The Morgan fingerprint density at radius 3 is 1.02 bits per heavy atom. The Morgan fingerprint density at radius 1 is 0.463 bits per heavy atom. The molecular weight excluding hydrogens is 585 g/mol. The van der Waals surface area contributed by atoms with Crippen molar-refractivity contribution in [2.45, 2.75) is 139 Å². The summed E-state index contributed by atoms with van der Waals surface area (Å²) in [6.07, 6.45) is 20.7. The molecule has 0 fully saturated rings. The summed E-state index contributed by atoms with van der Waals surface area (Å²) in [5, 5.41) is 0. The third-order valence-electron chi connectivity index (χ3n) is 7.08. The van der Waals surface area contributed by atoms with Crippen LogP contribution in [-0.4, -0.2) is 63.7 Å². The summed E-state index contributed by atoms with van der Waals surface area (Å²) in [5.74, 6) is 0. The molecule has 0 saturated heterocycles. The first-order valence-corrected chi connectivity index (χ1v) is 18.0. The zero-order valence-corrected chi connectivity index (χ0v) is 29.2. The molecule has 0 aromatic heterocycles. The van der Waals surface area contributed by atoms with Crippen LogP contribution in [-0.2, 0) is 33.1 Å². The zero-order chi connectivity index (χ0) is 29.7. The van der Waals surface area contributed by atoms with Gasteiger partial charge in [-0.1, -0.05) is 140 Å². The first-order valence-electron chi connectivity index (χ1n) is 15.2. The summed E-state index contributed by atoms with van der Waals surface area (Å²) in [6, 6.07) is 13.1. The molecule has 2 rings (SSSR count). The normalized spacial score (nSPS) is 11.4. The maximum Gasteiger partial charge on any atom is 2.00 e. The Bertz CT molecular complexity index is 1060. The van der Waals surface area contributed by atoms with E-state index in [1.165, 1.54) is 89.2 Å². The molecule has 0 saturated carbocycles. The van der Waals surface area contributed by atoms with Crippen LogP contribution in [0.25, 0.3) is 0 Å². The van der Waals surface area contributed by atoms with Crippen molar-refractivity contribution in [2.75, 3.05) is 0 Å². The van der Waals surface area contributed by atoms with E-state index in [1.807, 2.05) is 0 Å². The second-order valence-corrected chi connectivity index (χ2v) is 13.3. The van der Waals surface area contributed by atoms with Gasteiger partial charge in [-0.15, -0.1) is 0 Å². The van der Waals surface area contributed by atoms with Crippen LogP contribution in [0.4, 0.5) is 0 Å². The Kier molecular flexibility index (Phi) is 23.6. The second kappa shape index (κ2) is 23.9. The van der Waals surface area contributed by atoms with Crippen molar-refractivity contribution in [2.24, 2.45) is 0 Å². The number of rotatable bonds is 20. The number of benzene rings is 2. The molecule has 0 aliphatic carbocycles. The van der Waals surface area contributed by atoms with Crippen LogP contribution < -0.4 is 0 Å². The number of unbranched alkanes of at least 4 members (excludes halogenated alkanes) is 14. The minimum absolute atomic E-state index is 0. The molecule has 0 bridgehead atoms. The number of aryl methyl sites for hydroxylation is 2. The molecule has 228 valence electrons. The van der Waals surface area contributed by atoms with Crippen molar-refractivity contribution < 1.29 is 25.9 Å². The van der Waals surface area contributed by atoms with Crippen molar-refractivity contribution in [1.29, 1.82) is 0 Å². The average molecular weight is 635 g/mol. The number of hydrogen-bond acceptors (Lipinski definition) is 6. The summed E-state index contributed by atoms with van der Waals surface area (Å²) in [5.41, 5.74) is 1.32. The van der Waals surface area contributed by atoms with E-state index in [0.717, 1.165) is 25.7 Å². The molecule has 0 atom stereocenters. The van der Waals surface area contributed by atoms with E-state index in [-0.39, 0.29) is 47.5 Å². The van der Waals surface area contributed by atoms with Gasteiger partial charge in [0.05, 0.1) is 9.79 Å². The van der Waals surface area contributed by atoms with Gasteiger partial charge in [-0.05, 0) is 48.9 Å². The van der Waals surface area contributed by atoms with Gasteiger partial charge in [-0.25, -0.2) is 16.8 Å². The Balaban J connectivity index is 0.000000762. The molecule has 0 unspecified atom stereocenters. The zero-order valence-electron chi connectivity index (χ0n) is 25.3. The molecule has 0 radical (unpaired) electrons. The van der Waals surface area contributed by atoms with Crippen molar-refractivity contribution >= 4 is 58.0 Å². The molecule has 0 spiro atoms. The summed E-state index contributed by atoms with van der Waals surface area (Å²) < 4.78 is 66.8. The topological polar surface area (TPSA) is 114 Å². The van der Waals surface area contributed by atoms with Crippen LogP contribution in [0.2, 0.25) is 0 Å². The van der Waals surface area contributed by atoms with E-state index in [2.05, 4.69) is 13.8 Å². The predicted octanol–water partition coefficient (Wildman–Crippen LogP) is 8.17. The molecule has 0 N–H and O–H groups in total. The average Bonchev–Trinajstić information content (AvgIpc) is 2.91. The van der Waals surface area contributed by atoms with E-state index in [0.29, 0.717) is 24.0 Å². The third kappa shape index (κ3) is 19.4. The van der Waals surface area contributed by atoms with Gasteiger partial charge in [-0.2, -0.15) is 0 Å². The standard InChI is InChI=1S/2C16H26O3S.Ca/c2*1-2-3-4-5-6-7-8-9-12-15-13-10-11-14-16(15)20(17,18)19;/h2*10-11,13-14H,2-9,12H2,1H3,(H,17,18,19);/q;;+2/p-2. The fraction of sp³-hybridized carbons (Fsp3) is 0.625. The fourth-order valence-corrected chi connectivity index (χ4v) is 6.28. The molecule has 6 nitrogen and oxygen atoms in total. The van der Waals surface area contributed by atoms with Crippen LogP contribution in [0.15, 0.2) is 58.3 Å². The van der Waals surface area contributed by atoms with Gasteiger partial charge >= 0.3 is 37.7 Å². The summed E-state index contributed by atoms with van der Waals surface area (Å²) in [6.45, 7) is 4.42. The minimum Gasteiger partial charge on any atom is -0.744 e. The van der Waals surface area contributed by atoms with Crippen molar-refractivity contribution in [3.63, 3.8) is 0 Å². The van der Waals surface area contributed by atoms with Crippen LogP contribution in [0.5, 0.6) is 0 Å². The quantitative estimate of drug-likeness (QED) is 0.0824. The molecular formula is C32H50CaO6S2. The first-order chi connectivity index (χ1) is 19.1. The van der Waals surface area contributed by atoms with Crippen LogP contribution in [0, 0.1) is 0 Å². The van der Waals surface area contributed by atoms with E-state index in [9.17, 15) is 25.9 Å². The van der Waals surface area contributed by atoms with Crippen molar-refractivity contribution in [3.8, 4) is 0 Å². The van der Waals surface area contributed by atoms with Crippen LogP contribution in [0.1, 0.15) is 128 Å². The molecule has 2 aromatic carbocycles. The summed E-state index contributed by atoms with van der Waals surface area (Å²) >= 11 is 0. The first kappa shape index (κ1) is 40.5. The smallest absolute Gasteiger partial charge is 0.744 e. The molecule has 0 amide bonds. The van der Waals surface area contributed by atoms with Crippen LogP contribution in [0.3, 0.4) is 0 Å². The van der Waals surface area contributed by atoms with Crippen molar-refractivity contribution in [1.82, 2.24) is 0 Å². The summed E-state index contributed by atoms with van der Waals surface area (Å²) in [7, 11) is -8.68. The monoisotopic (exact) mass is 634 g/mol. The van der Waals surface area contributed by atoms with Gasteiger partial charge < -0.3 is 9.11 Å². The summed E-state index contributed by atoms with van der Waals surface area (Å²) in [4.78, 5) is -0.106. The van der Waals surface area contributed by atoms with Gasteiger partial charge in [0.25, 0.3) is 0 Å². The third-order valence-corrected chi connectivity index (χ3v) is 8.96. The predicted molar refractivity (Wildman–Crippen MR) is 167 cm³/mol. The number of hydrogen-bond donors (Lipinski definition) is 0. The molecule has 41 heavy (non-hydrogen) atoms. The second-order valence-electron chi connectivity index (χ2n) is 10.6. The molecule has 2 aromatic rings. The Morgan fingerprint density at radius 2 is 0.732 bits per heavy atom. The SMILES string of the molecule is CCCCCCCCCCc1ccccc1S(=O)(=O)[O-].CCCCCCCCCCc1ccccc1S(=O)(=O)[O-].[Ca+2]. The van der Waals surface area contributed by atoms with Gasteiger partial charge in [0, 0.05) is 0 Å². The maximum atomic E-state index is 11.1. The fourth-order valence-electron chi connectivity index (χ4n) is 4.81. The van der Waals surface area contributed by atoms with Gasteiger partial charge in [0.2, 0.25) is 0 Å². The van der Waals surface area contributed by atoms with Gasteiger partial charge in [-0.3, -0.25) is 0 Å². The largest absolute Gasteiger partial charge is 2.00 e. The van der Waals surface area contributed by atoms with Gasteiger partial charge in [0.1, 0.15) is 20.2 Å². The Labute approximate surface area is 280 Å².